The van der Waals surface area contributed by atoms with Crippen LogP contribution in [0.2, 0.25) is 0 Å². The number of amides is 1. The molecule has 5 nitrogen and oxygen atoms in total. The molecule has 1 N–H and O–H groups in total. The molecule has 0 unspecified atom stereocenters. The van der Waals surface area contributed by atoms with Crippen molar-refractivity contribution in [3.8, 4) is 5.69 Å². The van der Waals surface area contributed by atoms with Crippen molar-refractivity contribution in [2.75, 3.05) is 5.32 Å². The highest BCUT2D eigenvalue weighted by Crippen LogP contribution is 2.31. The van der Waals surface area contributed by atoms with Gasteiger partial charge in [0.05, 0.1) is 22.9 Å². The zero-order valence-corrected chi connectivity index (χ0v) is 14.2. The lowest BCUT2D eigenvalue weighted by molar-refractivity contribution is 0.102. The fourth-order valence-corrected chi connectivity index (χ4v) is 4.10. The van der Waals surface area contributed by atoms with Crippen LogP contribution in [0.5, 0.6) is 0 Å². The van der Waals surface area contributed by atoms with Gasteiger partial charge >= 0.3 is 0 Å². The molecule has 0 bridgehead atoms. The van der Waals surface area contributed by atoms with Gasteiger partial charge in [-0.3, -0.25) is 9.00 Å². The number of halogens is 2. The summed E-state index contributed by atoms with van der Waals surface area (Å²) >= 11 is 0. The van der Waals surface area contributed by atoms with Gasteiger partial charge in [-0.1, -0.05) is 6.07 Å². The number of nitrogens with zero attached hydrogens (tertiary/aromatic N) is 2. The van der Waals surface area contributed by atoms with Crippen LogP contribution in [0.3, 0.4) is 0 Å². The van der Waals surface area contributed by atoms with Gasteiger partial charge < -0.3 is 5.32 Å². The van der Waals surface area contributed by atoms with Gasteiger partial charge in [-0.25, -0.2) is 13.5 Å². The van der Waals surface area contributed by atoms with E-state index in [1.807, 2.05) is 0 Å². The van der Waals surface area contributed by atoms with E-state index >= 15 is 0 Å². The lowest BCUT2D eigenvalue weighted by atomic mass is 10.2. The van der Waals surface area contributed by atoms with Gasteiger partial charge in [0.2, 0.25) is 0 Å². The standard InChI is InChI=1S/C18H13F2N3O2S/c19-12-4-6-14(7-5-12)23-17(15-9-26(25)10-16(15)22-23)21-18(24)11-2-1-3-13(20)8-11/h1-8H,9-10H2,(H,21,24)/t26-/m1/s1. The van der Waals surface area contributed by atoms with E-state index in [1.165, 1.54) is 47.1 Å². The average Bonchev–Trinajstić information content (AvgIpc) is 3.13. The summed E-state index contributed by atoms with van der Waals surface area (Å²) in [4.78, 5) is 12.5. The van der Waals surface area contributed by atoms with Crippen molar-refractivity contribution in [1.29, 1.82) is 0 Å². The van der Waals surface area contributed by atoms with E-state index in [2.05, 4.69) is 10.4 Å². The highest BCUT2D eigenvalue weighted by atomic mass is 32.2. The largest absolute Gasteiger partial charge is 0.306 e. The Kier molecular flexibility index (Phi) is 4.12. The molecule has 1 aromatic heterocycles. The minimum absolute atomic E-state index is 0.157. The van der Waals surface area contributed by atoms with Gasteiger partial charge in [0.1, 0.15) is 17.5 Å². The summed E-state index contributed by atoms with van der Waals surface area (Å²) < 4.78 is 39.9. The number of hydrogen-bond acceptors (Lipinski definition) is 3. The molecular formula is C18H13F2N3O2S. The van der Waals surface area contributed by atoms with Crippen LogP contribution in [0.1, 0.15) is 21.6 Å². The van der Waals surface area contributed by atoms with Crippen molar-refractivity contribution in [2.24, 2.45) is 0 Å². The molecule has 0 saturated carbocycles. The van der Waals surface area contributed by atoms with E-state index in [0.29, 0.717) is 28.5 Å². The quantitative estimate of drug-likeness (QED) is 0.767. The second-order valence-electron chi connectivity index (χ2n) is 5.86. The van der Waals surface area contributed by atoms with Crippen LogP contribution in [0, 0.1) is 11.6 Å². The zero-order chi connectivity index (χ0) is 18.3. The van der Waals surface area contributed by atoms with E-state index < -0.39 is 22.5 Å². The number of hydrogen-bond donors (Lipinski definition) is 1. The summed E-state index contributed by atoms with van der Waals surface area (Å²) in [6.45, 7) is 0. The van der Waals surface area contributed by atoms with Crippen molar-refractivity contribution in [3.05, 3.63) is 77.0 Å². The fraction of sp³-hybridized carbons (Fsp3) is 0.111. The normalized spacial score (nSPS) is 15.7. The molecule has 0 saturated heterocycles. The van der Waals surface area contributed by atoms with E-state index in [1.54, 1.807) is 0 Å². The van der Waals surface area contributed by atoms with E-state index in [9.17, 15) is 17.8 Å². The molecule has 1 aliphatic rings. The number of rotatable bonds is 3. The van der Waals surface area contributed by atoms with Crippen LogP contribution in [0.4, 0.5) is 14.6 Å². The number of fused-ring (bicyclic) bond motifs is 1. The minimum atomic E-state index is -1.08. The molecule has 0 aliphatic carbocycles. The first kappa shape index (κ1) is 16.6. The maximum Gasteiger partial charge on any atom is 0.256 e. The number of anilines is 1. The zero-order valence-electron chi connectivity index (χ0n) is 13.4. The molecule has 1 atom stereocenters. The van der Waals surface area contributed by atoms with Gasteiger partial charge in [-0.05, 0) is 42.5 Å². The maximum atomic E-state index is 13.4. The van der Waals surface area contributed by atoms with Crippen LogP contribution >= 0.6 is 0 Å². The van der Waals surface area contributed by atoms with Crippen molar-refractivity contribution >= 4 is 22.5 Å². The Bertz CT molecular complexity index is 1030. The molecule has 2 heterocycles. The molecule has 4 rings (SSSR count). The van der Waals surface area contributed by atoms with E-state index in [4.69, 9.17) is 0 Å². The van der Waals surface area contributed by atoms with Gasteiger partial charge in [0, 0.05) is 21.9 Å². The molecule has 26 heavy (non-hydrogen) atoms. The first-order valence-electron chi connectivity index (χ1n) is 7.80. The number of benzene rings is 2. The molecular weight excluding hydrogens is 360 g/mol. The lowest BCUT2D eigenvalue weighted by Gasteiger charge is -2.11. The molecule has 2 aromatic carbocycles. The summed E-state index contributed by atoms with van der Waals surface area (Å²) in [5, 5.41) is 7.15. The highest BCUT2D eigenvalue weighted by Gasteiger charge is 2.28. The first-order valence-corrected chi connectivity index (χ1v) is 9.28. The SMILES string of the molecule is O=C(Nc1c2c(nn1-c1ccc(F)cc1)C[S@](=O)C2)c1cccc(F)c1. The third-order valence-electron chi connectivity index (χ3n) is 4.06. The Labute approximate surface area is 150 Å². The molecule has 1 amide bonds. The molecule has 3 aromatic rings. The lowest BCUT2D eigenvalue weighted by Crippen LogP contribution is -2.16. The third kappa shape index (κ3) is 3.03. The topological polar surface area (TPSA) is 64.0 Å². The maximum absolute atomic E-state index is 13.4. The Hall–Kier alpha value is -2.87. The summed E-state index contributed by atoms with van der Waals surface area (Å²) in [6.07, 6.45) is 0. The number of carbonyl (C=O) groups is 1. The molecule has 0 spiro atoms. The summed E-state index contributed by atoms with van der Waals surface area (Å²) in [5.74, 6) is -0.474. The van der Waals surface area contributed by atoms with Crippen molar-refractivity contribution in [2.45, 2.75) is 11.5 Å². The number of nitrogens with one attached hydrogen (secondary N) is 1. The van der Waals surface area contributed by atoms with E-state index in [-0.39, 0.29) is 17.1 Å². The summed E-state index contributed by atoms with van der Waals surface area (Å²) in [6, 6.07) is 11.0. The van der Waals surface area contributed by atoms with Crippen LogP contribution in [-0.4, -0.2) is 19.9 Å². The Balaban J connectivity index is 1.75. The Morgan fingerprint density at radius 3 is 2.58 bits per heavy atom. The molecule has 0 radical (unpaired) electrons. The molecule has 8 heteroatoms. The van der Waals surface area contributed by atoms with E-state index in [0.717, 1.165) is 6.07 Å². The average molecular weight is 373 g/mol. The van der Waals surface area contributed by atoms with Gasteiger partial charge in [0.25, 0.3) is 5.91 Å². The van der Waals surface area contributed by atoms with Crippen molar-refractivity contribution < 1.29 is 17.8 Å². The molecule has 1 aliphatic heterocycles. The highest BCUT2D eigenvalue weighted by molar-refractivity contribution is 7.83. The van der Waals surface area contributed by atoms with Crippen LogP contribution in [-0.2, 0) is 22.3 Å². The Morgan fingerprint density at radius 2 is 1.85 bits per heavy atom. The van der Waals surface area contributed by atoms with Crippen molar-refractivity contribution in [3.63, 3.8) is 0 Å². The predicted octanol–water partition coefficient (Wildman–Crippen LogP) is 3.17. The van der Waals surface area contributed by atoms with Crippen LogP contribution in [0.15, 0.2) is 48.5 Å². The molecule has 132 valence electrons. The van der Waals surface area contributed by atoms with Crippen LogP contribution in [0.25, 0.3) is 5.69 Å². The number of carbonyl (C=O) groups excluding carboxylic acids is 1. The van der Waals surface area contributed by atoms with Gasteiger partial charge in [0.15, 0.2) is 0 Å². The van der Waals surface area contributed by atoms with Crippen LogP contribution < -0.4 is 5.32 Å². The van der Waals surface area contributed by atoms with Gasteiger partial charge in [-0.2, -0.15) is 5.10 Å². The summed E-state index contributed by atoms with van der Waals surface area (Å²) in [5.41, 5.74) is 2.02. The predicted molar refractivity (Wildman–Crippen MR) is 93.4 cm³/mol. The van der Waals surface area contributed by atoms with Crippen molar-refractivity contribution in [1.82, 2.24) is 9.78 Å². The Morgan fingerprint density at radius 1 is 1.08 bits per heavy atom. The number of aromatic nitrogens is 2. The first-order chi connectivity index (χ1) is 12.5. The van der Waals surface area contributed by atoms with Gasteiger partial charge in [-0.15, -0.1) is 0 Å². The second kappa shape index (κ2) is 6.45. The smallest absolute Gasteiger partial charge is 0.256 e. The third-order valence-corrected chi connectivity index (χ3v) is 5.27. The fourth-order valence-electron chi connectivity index (χ4n) is 2.83. The minimum Gasteiger partial charge on any atom is -0.306 e. The second-order valence-corrected chi connectivity index (χ2v) is 7.31. The monoisotopic (exact) mass is 373 g/mol. The molecule has 0 fully saturated rings. The summed E-state index contributed by atoms with van der Waals surface area (Å²) in [7, 11) is -1.08.